The lowest BCUT2D eigenvalue weighted by atomic mass is 10.1. The Hall–Kier alpha value is -1.63. The molecule has 0 heterocycles. The third kappa shape index (κ3) is 3.92. The maximum absolute atomic E-state index is 12.9. The lowest BCUT2D eigenvalue weighted by Gasteiger charge is -2.15. The van der Waals surface area contributed by atoms with E-state index in [1.165, 1.54) is 6.07 Å². The number of rotatable bonds is 3. The van der Waals surface area contributed by atoms with E-state index < -0.39 is 11.7 Å². The van der Waals surface area contributed by atoms with Crippen LogP contribution in [0, 0.1) is 5.92 Å². The van der Waals surface area contributed by atoms with E-state index in [4.69, 9.17) is 5.73 Å². The maximum Gasteiger partial charge on any atom is 0.417 e. The first kappa shape index (κ1) is 15.4. The molecule has 1 aromatic carbocycles. The zero-order chi connectivity index (χ0) is 14.8. The molecule has 0 aliphatic carbocycles. The third-order valence-corrected chi connectivity index (χ3v) is 2.60. The molecule has 0 aliphatic rings. The van der Waals surface area contributed by atoms with Gasteiger partial charge in [0, 0.05) is 17.2 Å². The van der Waals surface area contributed by atoms with E-state index >= 15 is 0 Å². The number of thiocarbonyl (C=S) groups is 1. The van der Waals surface area contributed by atoms with Crippen molar-refractivity contribution < 1.29 is 18.0 Å². The van der Waals surface area contributed by atoms with Gasteiger partial charge in [-0.25, -0.2) is 0 Å². The summed E-state index contributed by atoms with van der Waals surface area (Å²) in [5, 5.41) is 2.40. The number of anilines is 1. The summed E-state index contributed by atoms with van der Waals surface area (Å²) in [5.41, 5.74) is 4.10. The minimum atomic E-state index is -4.59. The fraction of sp³-hybridized carbons (Fsp3) is 0.333. The Morgan fingerprint density at radius 2 is 1.95 bits per heavy atom. The first-order chi connectivity index (χ1) is 8.62. The minimum Gasteiger partial charge on any atom is -0.389 e. The highest BCUT2D eigenvalue weighted by Gasteiger charge is 2.34. The normalized spacial score (nSPS) is 11.5. The lowest BCUT2D eigenvalue weighted by Crippen LogP contribution is -2.21. The summed E-state index contributed by atoms with van der Waals surface area (Å²) in [6.07, 6.45) is -4.59. The van der Waals surface area contributed by atoms with Crippen LogP contribution in [0.4, 0.5) is 18.9 Å². The van der Waals surface area contributed by atoms with Gasteiger partial charge in [0.1, 0.15) is 4.99 Å². The monoisotopic (exact) mass is 290 g/mol. The average Bonchev–Trinajstić information content (AvgIpc) is 2.27. The van der Waals surface area contributed by atoms with Crippen LogP contribution >= 0.6 is 12.2 Å². The summed E-state index contributed by atoms with van der Waals surface area (Å²) in [4.78, 5) is 11.1. The molecule has 0 fully saturated rings. The highest BCUT2D eigenvalue weighted by molar-refractivity contribution is 7.80. The number of carbonyl (C=O) groups is 1. The van der Waals surface area contributed by atoms with Crippen molar-refractivity contribution >= 4 is 28.8 Å². The highest BCUT2D eigenvalue weighted by Crippen LogP contribution is 2.33. The first-order valence-electron chi connectivity index (χ1n) is 5.45. The van der Waals surface area contributed by atoms with Crippen LogP contribution in [0.15, 0.2) is 18.2 Å². The van der Waals surface area contributed by atoms with Crippen molar-refractivity contribution in [3.63, 3.8) is 0 Å². The van der Waals surface area contributed by atoms with Crippen LogP contribution in [0.3, 0.4) is 0 Å². The summed E-state index contributed by atoms with van der Waals surface area (Å²) in [7, 11) is 0. The number of carbonyl (C=O) groups excluding carboxylic acids is 1. The molecule has 0 radical (unpaired) electrons. The van der Waals surface area contributed by atoms with E-state index in [2.05, 4.69) is 17.5 Å². The van der Waals surface area contributed by atoms with Crippen molar-refractivity contribution in [2.45, 2.75) is 20.0 Å². The number of nitrogens with one attached hydrogen (secondary N) is 1. The van der Waals surface area contributed by atoms with Crippen LogP contribution in [0.25, 0.3) is 0 Å². The van der Waals surface area contributed by atoms with E-state index in [0.717, 1.165) is 12.1 Å². The number of nitrogens with two attached hydrogens (primary N) is 1. The molecule has 1 amide bonds. The van der Waals surface area contributed by atoms with Crippen LogP contribution in [-0.2, 0) is 11.0 Å². The molecule has 1 rings (SSSR count). The second kappa shape index (κ2) is 5.56. The van der Waals surface area contributed by atoms with Gasteiger partial charge >= 0.3 is 6.18 Å². The van der Waals surface area contributed by atoms with Crippen LogP contribution in [0.1, 0.15) is 25.0 Å². The molecule has 0 bridgehead atoms. The smallest absolute Gasteiger partial charge is 0.389 e. The Labute approximate surface area is 114 Å². The summed E-state index contributed by atoms with van der Waals surface area (Å²) in [6, 6.07) is 3.32. The quantitative estimate of drug-likeness (QED) is 0.842. The Balaban J connectivity index is 3.19. The van der Waals surface area contributed by atoms with Gasteiger partial charge in [-0.05, 0) is 18.2 Å². The molecule has 1 aromatic rings. The van der Waals surface area contributed by atoms with Crippen LogP contribution in [0.2, 0.25) is 0 Å². The van der Waals surface area contributed by atoms with Gasteiger partial charge in [-0.2, -0.15) is 13.2 Å². The minimum absolute atomic E-state index is 0.0611. The highest BCUT2D eigenvalue weighted by atomic mass is 32.1. The predicted octanol–water partition coefficient (Wildman–Crippen LogP) is 2.93. The van der Waals surface area contributed by atoms with Gasteiger partial charge in [0.05, 0.1) is 5.56 Å². The average molecular weight is 290 g/mol. The Morgan fingerprint density at radius 1 is 1.37 bits per heavy atom. The molecule has 0 aliphatic heterocycles. The van der Waals surface area contributed by atoms with Gasteiger partial charge < -0.3 is 11.1 Å². The van der Waals surface area contributed by atoms with Gasteiger partial charge in [0.15, 0.2) is 0 Å². The number of alkyl halides is 3. The SMILES string of the molecule is CC(C)C(=O)Nc1ccc(C(N)=S)c(C(F)(F)F)c1. The molecule has 0 unspecified atom stereocenters. The van der Waals surface area contributed by atoms with Crippen molar-refractivity contribution in [2.75, 3.05) is 5.32 Å². The fourth-order valence-corrected chi connectivity index (χ4v) is 1.54. The van der Waals surface area contributed by atoms with Gasteiger partial charge in [-0.1, -0.05) is 26.1 Å². The lowest BCUT2D eigenvalue weighted by molar-refractivity contribution is -0.137. The molecule has 0 spiro atoms. The molecule has 3 N–H and O–H groups in total. The maximum atomic E-state index is 12.9. The molecule has 3 nitrogen and oxygen atoms in total. The molecular formula is C12H13F3N2OS. The van der Waals surface area contributed by atoms with E-state index in [1.807, 2.05) is 0 Å². The van der Waals surface area contributed by atoms with Crippen molar-refractivity contribution in [2.24, 2.45) is 11.7 Å². The van der Waals surface area contributed by atoms with Crippen LogP contribution < -0.4 is 11.1 Å². The van der Waals surface area contributed by atoms with Crippen molar-refractivity contribution in [1.29, 1.82) is 0 Å². The zero-order valence-corrected chi connectivity index (χ0v) is 11.2. The Morgan fingerprint density at radius 3 is 2.37 bits per heavy atom. The largest absolute Gasteiger partial charge is 0.417 e. The van der Waals surface area contributed by atoms with Crippen LogP contribution in [-0.4, -0.2) is 10.9 Å². The second-order valence-corrected chi connectivity index (χ2v) is 4.71. The van der Waals surface area contributed by atoms with Crippen molar-refractivity contribution in [1.82, 2.24) is 0 Å². The van der Waals surface area contributed by atoms with Gasteiger partial charge in [0.2, 0.25) is 5.91 Å². The molecule has 0 aromatic heterocycles. The molecule has 7 heteroatoms. The Kier molecular flexibility index (Phi) is 4.52. The molecular weight excluding hydrogens is 277 g/mol. The predicted molar refractivity (Wildman–Crippen MR) is 70.8 cm³/mol. The van der Waals surface area contributed by atoms with Gasteiger partial charge in [-0.15, -0.1) is 0 Å². The summed E-state index contributed by atoms with van der Waals surface area (Å²) < 4.78 is 38.6. The third-order valence-electron chi connectivity index (χ3n) is 2.38. The molecule has 0 atom stereocenters. The zero-order valence-electron chi connectivity index (χ0n) is 10.3. The fourth-order valence-electron chi connectivity index (χ4n) is 1.36. The van der Waals surface area contributed by atoms with E-state index in [9.17, 15) is 18.0 Å². The molecule has 104 valence electrons. The number of hydrogen-bond acceptors (Lipinski definition) is 2. The molecule has 0 saturated carbocycles. The van der Waals surface area contributed by atoms with Gasteiger partial charge in [0.25, 0.3) is 0 Å². The summed E-state index contributed by atoms with van der Waals surface area (Å²) >= 11 is 4.58. The first-order valence-corrected chi connectivity index (χ1v) is 5.85. The second-order valence-electron chi connectivity index (χ2n) is 4.27. The van der Waals surface area contributed by atoms with E-state index in [0.29, 0.717) is 0 Å². The summed E-state index contributed by atoms with van der Waals surface area (Å²) in [6.45, 7) is 3.28. The number of hydrogen-bond donors (Lipinski definition) is 2. The Bertz CT molecular complexity index is 512. The van der Waals surface area contributed by atoms with Crippen molar-refractivity contribution in [3.05, 3.63) is 29.3 Å². The molecule has 0 saturated heterocycles. The molecule has 19 heavy (non-hydrogen) atoms. The standard InChI is InChI=1S/C12H13F3N2OS/c1-6(2)11(18)17-7-3-4-8(10(16)19)9(5-7)12(13,14)15/h3-6H,1-2H3,(H2,16,19)(H,17,18). The number of halogens is 3. The van der Waals surface area contributed by atoms with Crippen LogP contribution in [0.5, 0.6) is 0 Å². The van der Waals surface area contributed by atoms with E-state index in [1.54, 1.807) is 13.8 Å². The van der Waals surface area contributed by atoms with Gasteiger partial charge in [-0.3, -0.25) is 4.79 Å². The topological polar surface area (TPSA) is 55.1 Å². The number of amides is 1. The number of benzene rings is 1. The van der Waals surface area contributed by atoms with E-state index in [-0.39, 0.29) is 28.1 Å². The van der Waals surface area contributed by atoms with Crippen molar-refractivity contribution in [3.8, 4) is 0 Å². The summed E-state index contributed by atoms with van der Waals surface area (Å²) in [5.74, 6) is -0.694.